The molecule has 0 saturated heterocycles. The van der Waals surface area contributed by atoms with Crippen molar-refractivity contribution < 1.29 is 18.5 Å². The first-order chi connectivity index (χ1) is 20.9. The van der Waals surface area contributed by atoms with Gasteiger partial charge >= 0.3 is 7.82 Å². The minimum atomic E-state index is -3.95. The second kappa shape index (κ2) is 33.5. The van der Waals surface area contributed by atoms with Crippen LogP contribution in [0.25, 0.3) is 0 Å². The van der Waals surface area contributed by atoms with Gasteiger partial charge in [-0.1, -0.05) is 207 Å². The van der Waals surface area contributed by atoms with Crippen LogP contribution in [0.5, 0.6) is 0 Å². The van der Waals surface area contributed by atoms with E-state index in [-0.39, 0.29) is 11.8 Å². The van der Waals surface area contributed by atoms with Crippen LogP contribution in [0.4, 0.5) is 0 Å². The average molecular weight is 631 g/mol. The quantitative estimate of drug-likeness (QED) is 0.0553. The molecule has 0 saturated carbocycles. The first-order valence-electron chi connectivity index (χ1n) is 19.5. The Morgan fingerprint density at radius 3 is 0.860 bits per heavy atom. The number of rotatable bonds is 36. The summed E-state index contributed by atoms with van der Waals surface area (Å²) in [7, 11) is -3.95. The van der Waals surface area contributed by atoms with E-state index in [9.17, 15) is 9.46 Å². The van der Waals surface area contributed by atoms with E-state index in [4.69, 9.17) is 9.05 Å². The van der Waals surface area contributed by atoms with Gasteiger partial charge in [-0.3, -0.25) is 9.05 Å². The Morgan fingerprint density at radius 2 is 0.628 bits per heavy atom. The molecule has 0 rings (SSSR count). The van der Waals surface area contributed by atoms with E-state index in [1.165, 1.54) is 180 Å². The zero-order valence-electron chi connectivity index (χ0n) is 29.9. The number of unbranched alkanes of at least 4 members (excludes halogenated alkanes) is 26. The van der Waals surface area contributed by atoms with Crippen LogP contribution >= 0.6 is 7.82 Å². The Kier molecular flexibility index (Phi) is 33.6. The van der Waals surface area contributed by atoms with Crippen molar-refractivity contribution >= 4 is 7.82 Å². The number of hydrogen-bond donors (Lipinski definition) is 1. The smallest absolute Gasteiger partial charge is 0.302 e. The summed E-state index contributed by atoms with van der Waals surface area (Å²) in [5.74, 6) is 0.573. The zero-order chi connectivity index (χ0) is 31.7. The summed E-state index contributed by atoms with van der Waals surface area (Å²) in [5, 5.41) is 0. The maximum atomic E-state index is 12.3. The molecular weight excluding hydrogens is 551 g/mol. The molecule has 0 aliphatic carbocycles. The van der Waals surface area contributed by atoms with Gasteiger partial charge in [0.15, 0.2) is 0 Å². The van der Waals surface area contributed by atoms with Crippen molar-refractivity contribution in [1.29, 1.82) is 0 Å². The molecule has 0 bridgehead atoms. The van der Waals surface area contributed by atoms with Crippen LogP contribution in [-0.2, 0) is 13.6 Å². The Balaban J connectivity index is 3.51. The molecule has 0 aromatic carbocycles. The van der Waals surface area contributed by atoms with Crippen LogP contribution in [0.2, 0.25) is 0 Å². The lowest BCUT2D eigenvalue weighted by atomic mass is 10.0. The predicted molar refractivity (Wildman–Crippen MR) is 190 cm³/mol. The summed E-state index contributed by atoms with van der Waals surface area (Å²) in [4.78, 5) is 10.1. The van der Waals surface area contributed by atoms with Crippen molar-refractivity contribution in [3.8, 4) is 0 Å². The maximum Gasteiger partial charge on any atom is 0.472 e. The second-order valence-corrected chi connectivity index (χ2v) is 15.5. The fraction of sp³-hybridized carbons (Fsp3) is 1.00. The van der Waals surface area contributed by atoms with Crippen molar-refractivity contribution in [2.75, 3.05) is 13.2 Å². The van der Waals surface area contributed by atoms with E-state index >= 15 is 0 Å². The summed E-state index contributed by atoms with van der Waals surface area (Å²) in [6.45, 7) is 9.40. The first kappa shape index (κ1) is 43.1. The molecule has 0 amide bonds. The Bertz CT molecular complexity index is 538. The number of phosphoric acid groups is 1. The van der Waals surface area contributed by atoms with Crippen LogP contribution in [0.1, 0.15) is 220 Å². The summed E-state index contributed by atoms with van der Waals surface area (Å²) >= 11 is 0. The van der Waals surface area contributed by atoms with Gasteiger partial charge < -0.3 is 4.89 Å². The number of hydrogen-bond acceptors (Lipinski definition) is 3. The predicted octanol–water partition coefficient (Wildman–Crippen LogP) is 14.1. The van der Waals surface area contributed by atoms with Crippen LogP contribution in [0.15, 0.2) is 0 Å². The van der Waals surface area contributed by atoms with Crippen LogP contribution in [0.3, 0.4) is 0 Å². The molecule has 0 aromatic rings. The molecule has 43 heavy (non-hydrogen) atoms. The molecular formula is C38H79O4P. The summed E-state index contributed by atoms with van der Waals surface area (Å²) in [6, 6.07) is 0. The second-order valence-electron chi connectivity index (χ2n) is 14.0. The summed E-state index contributed by atoms with van der Waals surface area (Å²) < 4.78 is 23.0. The molecule has 4 nitrogen and oxygen atoms in total. The Morgan fingerprint density at radius 1 is 0.419 bits per heavy atom. The number of phosphoric ester groups is 1. The molecule has 2 unspecified atom stereocenters. The van der Waals surface area contributed by atoms with Crippen molar-refractivity contribution in [2.45, 2.75) is 220 Å². The van der Waals surface area contributed by atoms with Gasteiger partial charge in [-0.25, -0.2) is 4.57 Å². The standard InChI is InChI=1S/C38H79O4P/c1-5-7-9-11-13-15-17-19-21-23-25-27-29-31-33-37(3)35-41-43(39,40)42-36-38(4)34-32-30-28-26-24-22-20-18-16-14-12-10-8-6-2/h37-38H,5-36H2,1-4H3,(H,39,40). The molecule has 0 fully saturated rings. The van der Waals surface area contributed by atoms with Crippen LogP contribution < -0.4 is 0 Å². The maximum absolute atomic E-state index is 12.3. The SMILES string of the molecule is CCCCCCCCCCCCCCCCC(C)COP(=O)(O)OCC(C)CCCCCCCCCCCCCCCC. The van der Waals surface area contributed by atoms with E-state index in [2.05, 4.69) is 27.7 Å². The highest BCUT2D eigenvalue weighted by atomic mass is 31.2. The molecule has 0 aliphatic heterocycles. The largest absolute Gasteiger partial charge is 0.472 e. The molecule has 0 aromatic heterocycles. The minimum Gasteiger partial charge on any atom is -0.302 e. The van der Waals surface area contributed by atoms with Gasteiger partial charge in [0.25, 0.3) is 0 Å². The molecule has 260 valence electrons. The van der Waals surface area contributed by atoms with E-state index in [0.29, 0.717) is 13.2 Å². The average Bonchev–Trinajstić information content (AvgIpc) is 2.99. The van der Waals surface area contributed by atoms with Gasteiger partial charge in [0.05, 0.1) is 13.2 Å². The van der Waals surface area contributed by atoms with Crippen molar-refractivity contribution in [3.05, 3.63) is 0 Å². The highest BCUT2D eigenvalue weighted by Crippen LogP contribution is 2.44. The first-order valence-corrected chi connectivity index (χ1v) is 21.0. The summed E-state index contributed by atoms with van der Waals surface area (Å²) in [6.07, 6.45) is 40.3. The molecule has 0 radical (unpaired) electrons. The minimum absolute atomic E-state index is 0.286. The van der Waals surface area contributed by atoms with E-state index in [1.807, 2.05) is 0 Å². The lowest BCUT2D eigenvalue weighted by molar-refractivity contribution is 0.117. The van der Waals surface area contributed by atoms with Crippen molar-refractivity contribution in [1.82, 2.24) is 0 Å². The van der Waals surface area contributed by atoms with Gasteiger partial charge in [0, 0.05) is 0 Å². The van der Waals surface area contributed by atoms with Gasteiger partial charge in [-0.15, -0.1) is 0 Å². The molecule has 5 heteroatoms. The topological polar surface area (TPSA) is 55.8 Å². The third-order valence-electron chi connectivity index (χ3n) is 9.15. The highest BCUT2D eigenvalue weighted by Gasteiger charge is 2.23. The Hall–Kier alpha value is 0.110. The fourth-order valence-electron chi connectivity index (χ4n) is 6.02. The van der Waals surface area contributed by atoms with Crippen molar-refractivity contribution in [3.63, 3.8) is 0 Å². The van der Waals surface area contributed by atoms with Gasteiger partial charge in [-0.2, -0.15) is 0 Å². The summed E-state index contributed by atoms with van der Waals surface area (Å²) in [5.41, 5.74) is 0. The third-order valence-corrected chi connectivity index (χ3v) is 10.1. The van der Waals surface area contributed by atoms with Crippen LogP contribution in [-0.4, -0.2) is 18.1 Å². The molecule has 1 N–H and O–H groups in total. The van der Waals surface area contributed by atoms with Gasteiger partial charge in [-0.05, 0) is 24.7 Å². The van der Waals surface area contributed by atoms with Gasteiger partial charge in [0.2, 0.25) is 0 Å². The molecule has 2 atom stereocenters. The monoisotopic (exact) mass is 631 g/mol. The van der Waals surface area contributed by atoms with Crippen molar-refractivity contribution in [2.24, 2.45) is 11.8 Å². The molecule has 0 spiro atoms. The lowest BCUT2D eigenvalue weighted by Crippen LogP contribution is -2.09. The highest BCUT2D eigenvalue weighted by molar-refractivity contribution is 7.47. The van der Waals surface area contributed by atoms with E-state index in [0.717, 1.165) is 12.8 Å². The molecule has 0 aliphatic rings. The Labute approximate surface area is 271 Å². The lowest BCUT2D eigenvalue weighted by Gasteiger charge is -2.18. The fourth-order valence-corrected chi connectivity index (χ4v) is 6.98. The third kappa shape index (κ3) is 34.8. The normalized spacial score (nSPS) is 14.6. The van der Waals surface area contributed by atoms with Crippen LogP contribution in [0, 0.1) is 11.8 Å². The van der Waals surface area contributed by atoms with E-state index < -0.39 is 7.82 Å². The van der Waals surface area contributed by atoms with Gasteiger partial charge in [0.1, 0.15) is 0 Å². The van der Waals surface area contributed by atoms with E-state index in [1.54, 1.807) is 0 Å². The zero-order valence-corrected chi connectivity index (χ0v) is 30.8. The molecule has 0 heterocycles.